The van der Waals surface area contributed by atoms with Crippen molar-refractivity contribution < 1.29 is 19.4 Å². The lowest BCUT2D eigenvalue weighted by Gasteiger charge is -2.29. The molecule has 0 bridgehead atoms. The topological polar surface area (TPSA) is 83.0 Å². The first-order valence-electron chi connectivity index (χ1n) is 10.9. The van der Waals surface area contributed by atoms with Crippen molar-refractivity contribution in [1.29, 1.82) is 0 Å². The average Bonchev–Trinajstić information content (AvgIpc) is 3.09. The molecule has 1 fully saturated rings. The van der Waals surface area contributed by atoms with E-state index in [-0.39, 0.29) is 5.57 Å². The van der Waals surface area contributed by atoms with E-state index in [2.05, 4.69) is 9.88 Å². The van der Waals surface area contributed by atoms with Gasteiger partial charge in [0, 0.05) is 32.4 Å². The fourth-order valence-electron chi connectivity index (χ4n) is 4.10. The predicted molar refractivity (Wildman–Crippen MR) is 121 cm³/mol. The molecule has 7 nitrogen and oxygen atoms in total. The third kappa shape index (κ3) is 4.95. The molecule has 2 aromatic rings. The molecule has 166 valence electrons. The summed E-state index contributed by atoms with van der Waals surface area (Å²) < 4.78 is 5.38. The molecule has 1 aromatic heterocycles. The number of carbonyl (C=O) groups is 2. The number of hydrogen-bond donors (Lipinski definition) is 1. The van der Waals surface area contributed by atoms with E-state index in [9.17, 15) is 14.7 Å². The van der Waals surface area contributed by atoms with Crippen molar-refractivity contribution in [2.45, 2.75) is 12.5 Å². The van der Waals surface area contributed by atoms with Crippen molar-refractivity contribution in [3.63, 3.8) is 0 Å². The number of nitrogens with zero attached hydrogens (tertiary/aromatic N) is 3. The molecule has 1 saturated heterocycles. The van der Waals surface area contributed by atoms with Gasteiger partial charge >= 0.3 is 0 Å². The van der Waals surface area contributed by atoms with E-state index in [1.165, 1.54) is 6.08 Å². The lowest BCUT2D eigenvalue weighted by molar-refractivity contribution is -0.129. The molecule has 0 aliphatic carbocycles. The summed E-state index contributed by atoms with van der Waals surface area (Å²) in [7, 11) is 0. The summed E-state index contributed by atoms with van der Waals surface area (Å²) in [5.41, 5.74) is 1.50. The molecular formula is C25H27N3O4. The van der Waals surface area contributed by atoms with Gasteiger partial charge in [-0.1, -0.05) is 42.5 Å². The number of aliphatic hydroxyl groups excluding tert-OH is 1. The smallest absolute Gasteiger partial charge is 0.290 e. The van der Waals surface area contributed by atoms with Gasteiger partial charge in [0.05, 0.1) is 24.5 Å². The normalized spacial score (nSPS) is 19.8. The highest BCUT2D eigenvalue weighted by Crippen LogP contribution is 2.37. The Morgan fingerprint density at radius 1 is 1.09 bits per heavy atom. The third-order valence-electron chi connectivity index (χ3n) is 5.74. The molecule has 0 radical (unpaired) electrons. The largest absolute Gasteiger partial charge is 0.503 e. The van der Waals surface area contributed by atoms with Crippen LogP contribution in [0, 0.1) is 0 Å². The van der Waals surface area contributed by atoms with Crippen LogP contribution in [0.15, 0.2) is 72.1 Å². The monoisotopic (exact) mass is 433 g/mol. The molecule has 1 unspecified atom stereocenters. The van der Waals surface area contributed by atoms with Gasteiger partial charge in [-0.3, -0.25) is 19.5 Å². The van der Waals surface area contributed by atoms with E-state index >= 15 is 0 Å². The van der Waals surface area contributed by atoms with Gasteiger partial charge in [-0.25, -0.2) is 0 Å². The van der Waals surface area contributed by atoms with Crippen LogP contribution >= 0.6 is 0 Å². The Bertz CT molecular complexity index is 998. The number of pyridine rings is 1. The minimum Gasteiger partial charge on any atom is -0.503 e. The van der Waals surface area contributed by atoms with Gasteiger partial charge in [0.1, 0.15) is 6.04 Å². The summed E-state index contributed by atoms with van der Waals surface area (Å²) in [5.74, 6) is -1.42. The van der Waals surface area contributed by atoms with Crippen LogP contribution in [-0.4, -0.2) is 71.0 Å². The van der Waals surface area contributed by atoms with Crippen LogP contribution in [0.2, 0.25) is 0 Å². The number of amides is 1. The van der Waals surface area contributed by atoms with Crippen LogP contribution in [0.5, 0.6) is 0 Å². The van der Waals surface area contributed by atoms with Gasteiger partial charge < -0.3 is 14.7 Å². The lowest BCUT2D eigenvalue weighted by atomic mass is 9.99. The average molecular weight is 434 g/mol. The highest BCUT2D eigenvalue weighted by Gasteiger charge is 2.43. The first-order valence-corrected chi connectivity index (χ1v) is 10.9. The zero-order valence-electron chi connectivity index (χ0n) is 17.9. The number of aromatic nitrogens is 1. The van der Waals surface area contributed by atoms with Crippen LogP contribution in [0.4, 0.5) is 0 Å². The van der Waals surface area contributed by atoms with Gasteiger partial charge in [-0.2, -0.15) is 0 Å². The maximum absolute atomic E-state index is 13.1. The Morgan fingerprint density at radius 2 is 1.84 bits per heavy atom. The lowest BCUT2D eigenvalue weighted by Crippen LogP contribution is -2.39. The SMILES string of the molecule is O=C(/C=C/c1ccccc1)C1=C(O)C(=O)N(CCCN2CCOCC2)C1c1ccccn1. The molecule has 3 heterocycles. The minimum absolute atomic E-state index is 0.0762. The molecule has 1 N–H and O–H groups in total. The van der Waals surface area contributed by atoms with E-state index in [1.54, 1.807) is 29.3 Å². The Morgan fingerprint density at radius 3 is 2.56 bits per heavy atom. The fraction of sp³-hybridized carbons (Fsp3) is 0.320. The highest BCUT2D eigenvalue weighted by molar-refractivity contribution is 6.14. The molecule has 2 aliphatic rings. The Hall–Kier alpha value is -3.29. The van der Waals surface area contributed by atoms with Crippen LogP contribution in [0.25, 0.3) is 6.08 Å². The van der Waals surface area contributed by atoms with Gasteiger partial charge in [-0.05, 0) is 30.2 Å². The van der Waals surface area contributed by atoms with Crippen molar-refractivity contribution in [2.24, 2.45) is 0 Å². The van der Waals surface area contributed by atoms with Crippen LogP contribution in [0.1, 0.15) is 23.7 Å². The maximum Gasteiger partial charge on any atom is 0.290 e. The quantitative estimate of drug-likeness (QED) is 0.645. The molecular weight excluding hydrogens is 406 g/mol. The van der Waals surface area contributed by atoms with E-state index in [0.29, 0.717) is 25.5 Å². The standard InChI is InChI=1S/C25H27N3O4/c29-21(11-10-19-7-2-1-3-8-19)22-23(20-9-4-5-12-26-20)28(25(31)24(22)30)14-6-13-27-15-17-32-18-16-27/h1-5,7-12,23,30H,6,13-18H2/b11-10+. The molecule has 0 saturated carbocycles. The second-order valence-electron chi connectivity index (χ2n) is 7.83. The molecule has 1 amide bonds. The third-order valence-corrected chi connectivity index (χ3v) is 5.74. The van der Waals surface area contributed by atoms with Crippen LogP contribution in [-0.2, 0) is 14.3 Å². The number of hydrogen-bond acceptors (Lipinski definition) is 6. The summed E-state index contributed by atoms with van der Waals surface area (Å²) in [6.45, 7) is 4.41. The van der Waals surface area contributed by atoms with E-state index < -0.39 is 23.5 Å². The maximum atomic E-state index is 13.1. The summed E-state index contributed by atoms with van der Waals surface area (Å²) in [6, 6.07) is 14.1. The Labute approximate surface area is 187 Å². The number of aliphatic hydroxyl groups is 1. The summed E-state index contributed by atoms with van der Waals surface area (Å²) in [6.07, 6.45) is 5.44. The summed E-state index contributed by atoms with van der Waals surface area (Å²) >= 11 is 0. The van der Waals surface area contributed by atoms with Crippen molar-refractivity contribution in [1.82, 2.24) is 14.8 Å². The fourth-order valence-corrected chi connectivity index (χ4v) is 4.10. The summed E-state index contributed by atoms with van der Waals surface area (Å²) in [5, 5.41) is 10.7. The Balaban J connectivity index is 1.54. The minimum atomic E-state index is -0.707. The van der Waals surface area contributed by atoms with E-state index in [1.807, 2.05) is 36.4 Å². The summed E-state index contributed by atoms with van der Waals surface area (Å²) in [4.78, 5) is 34.3. The van der Waals surface area contributed by atoms with Crippen molar-refractivity contribution in [3.05, 3.63) is 83.4 Å². The number of allylic oxidation sites excluding steroid dienone is 1. The first-order chi connectivity index (χ1) is 15.6. The number of carbonyl (C=O) groups excluding carboxylic acids is 2. The second kappa shape index (κ2) is 10.3. The number of ether oxygens (including phenoxy) is 1. The highest BCUT2D eigenvalue weighted by atomic mass is 16.5. The van der Waals surface area contributed by atoms with Crippen LogP contribution in [0.3, 0.4) is 0 Å². The molecule has 0 spiro atoms. The van der Waals surface area contributed by atoms with Crippen molar-refractivity contribution in [2.75, 3.05) is 39.4 Å². The van der Waals surface area contributed by atoms with Crippen molar-refractivity contribution >= 4 is 17.8 Å². The van der Waals surface area contributed by atoms with Gasteiger partial charge in [0.15, 0.2) is 11.5 Å². The predicted octanol–water partition coefficient (Wildman–Crippen LogP) is 2.78. The van der Waals surface area contributed by atoms with Gasteiger partial charge in [-0.15, -0.1) is 0 Å². The number of rotatable bonds is 8. The molecule has 4 rings (SSSR count). The zero-order valence-corrected chi connectivity index (χ0v) is 17.9. The van der Waals surface area contributed by atoms with Gasteiger partial charge in [0.25, 0.3) is 5.91 Å². The number of ketones is 1. The van der Waals surface area contributed by atoms with Crippen LogP contribution < -0.4 is 0 Å². The molecule has 1 atom stereocenters. The number of benzene rings is 1. The molecule has 2 aliphatic heterocycles. The second-order valence-corrected chi connectivity index (χ2v) is 7.83. The van der Waals surface area contributed by atoms with Gasteiger partial charge in [0.2, 0.25) is 0 Å². The van der Waals surface area contributed by atoms with E-state index in [0.717, 1.165) is 31.6 Å². The van der Waals surface area contributed by atoms with E-state index in [4.69, 9.17) is 4.74 Å². The molecule has 32 heavy (non-hydrogen) atoms. The Kier molecular flexibility index (Phi) is 7.09. The molecule has 7 heteroatoms. The first kappa shape index (κ1) is 21.9. The number of morpholine rings is 1. The van der Waals surface area contributed by atoms with Crippen molar-refractivity contribution in [3.8, 4) is 0 Å². The molecule has 1 aromatic carbocycles. The zero-order chi connectivity index (χ0) is 22.3.